The van der Waals surface area contributed by atoms with Crippen molar-refractivity contribution in [3.8, 4) is 0 Å². The molecule has 0 spiro atoms. The number of carboxylic acids is 2. The van der Waals surface area contributed by atoms with Gasteiger partial charge in [-0.2, -0.15) is 0 Å². The molecule has 6 heteroatoms. The lowest BCUT2D eigenvalue weighted by atomic mass is 9.78. The summed E-state index contributed by atoms with van der Waals surface area (Å²) in [6.07, 6.45) is 2.74. The SMILES string of the molecule is O=C(O)Cc1ccc(NC(=O)[C@@H]2CCCC[C@@H]2C(=O)O)cc1. The highest BCUT2D eigenvalue weighted by atomic mass is 16.4. The molecule has 2 atom stereocenters. The van der Waals surface area contributed by atoms with E-state index in [4.69, 9.17) is 5.11 Å². The van der Waals surface area contributed by atoms with Crippen LogP contribution >= 0.6 is 0 Å². The van der Waals surface area contributed by atoms with Gasteiger partial charge in [-0.3, -0.25) is 14.4 Å². The molecule has 0 heterocycles. The first-order valence-electron chi connectivity index (χ1n) is 7.32. The van der Waals surface area contributed by atoms with Gasteiger partial charge in [-0.15, -0.1) is 0 Å². The predicted molar refractivity (Wildman–Crippen MR) is 79.5 cm³/mol. The molecule has 1 aromatic carbocycles. The highest BCUT2D eigenvalue weighted by Crippen LogP contribution is 2.31. The smallest absolute Gasteiger partial charge is 0.307 e. The van der Waals surface area contributed by atoms with Crippen LogP contribution in [0.1, 0.15) is 31.2 Å². The average Bonchev–Trinajstić information content (AvgIpc) is 2.48. The van der Waals surface area contributed by atoms with Gasteiger partial charge in [0.2, 0.25) is 5.91 Å². The van der Waals surface area contributed by atoms with Gasteiger partial charge in [0.15, 0.2) is 0 Å². The molecule has 22 heavy (non-hydrogen) atoms. The van der Waals surface area contributed by atoms with E-state index < -0.39 is 23.8 Å². The minimum atomic E-state index is -0.920. The van der Waals surface area contributed by atoms with Gasteiger partial charge in [-0.25, -0.2) is 0 Å². The van der Waals surface area contributed by atoms with Gasteiger partial charge in [-0.05, 0) is 30.5 Å². The van der Waals surface area contributed by atoms with Gasteiger partial charge in [0, 0.05) is 5.69 Å². The van der Waals surface area contributed by atoms with E-state index in [1.54, 1.807) is 24.3 Å². The maximum absolute atomic E-state index is 12.3. The normalized spacial score (nSPS) is 21.1. The van der Waals surface area contributed by atoms with E-state index in [1.165, 1.54) is 0 Å². The molecule has 118 valence electrons. The summed E-state index contributed by atoms with van der Waals surface area (Å²) in [5.74, 6) is -3.25. The first-order chi connectivity index (χ1) is 10.5. The molecule has 0 saturated heterocycles. The molecule has 3 N–H and O–H groups in total. The van der Waals surface area contributed by atoms with E-state index in [0.29, 0.717) is 24.1 Å². The van der Waals surface area contributed by atoms with Gasteiger partial charge in [0.25, 0.3) is 0 Å². The number of carbonyl (C=O) groups is 3. The zero-order valence-electron chi connectivity index (χ0n) is 12.1. The van der Waals surface area contributed by atoms with Crippen LogP contribution in [0.2, 0.25) is 0 Å². The third-order valence-electron chi connectivity index (χ3n) is 4.00. The zero-order chi connectivity index (χ0) is 16.1. The van der Waals surface area contributed by atoms with Crippen molar-refractivity contribution in [1.82, 2.24) is 0 Å². The lowest BCUT2D eigenvalue weighted by molar-refractivity contribution is -0.147. The van der Waals surface area contributed by atoms with Gasteiger partial charge < -0.3 is 15.5 Å². The first-order valence-corrected chi connectivity index (χ1v) is 7.32. The third kappa shape index (κ3) is 4.07. The maximum Gasteiger partial charge on any atom is 0.307 e. The number of benzene rings is 1. The summed E-state index contributed by atoms with van der Waals surface area (Å²) in [6.45, 7) is 0. The van der Waals surface area contributed by atoms with Gasteiger partial charge >= 0.3 is 11.9 Å². The highest BCUT2D eigenvalue weighted by Gasteiger charge is 2.35. The molecule has 1 saturated carbocycles. The van der Waals surface area contributed by atoms with Crippen LogP contribution in [0.4, 0.5) is 5.69 Å². The van der Waals surface area contributed by atoms with E-state index in [9.17, 15) is 19.5 Å². The van der Waals surface area contributed by atoms with Crippen LogP contribution in [0.5, 0.6) is 0 Å². The van der Waals surface area contributed by atoms with Gasteiger partial charge in [0.1, 0.15) is 0 Å². The lowest BCUT2D eigenvalue weighted by Crippen LogP contribution is -2.36. The summed E-state index contributed by atoms with van der Waals surface area (Å²) in [5, 5.41) is 20.6. The minimum absolute atomic E-state index is 0.0715. The summed E-state index contributed by atoms with van der Waals surface area (Å²) in [6, 6.07) is 6.54. The third-order valence-corrected chi connectivity index (χ3v) is 4.00. The van der Waals surface area contributed by atoms with Crippen LogP contribution in [-0.4, -0.2) is 28.1 Å². The second-order valence-electron chi connectivity index (χ2n) is 5.59. The van der Waals surface area contributed by atoms with Crippen LogP contribution < -0.4 is 5.32 Å². The Morgan fingerprint density at radius 3 is 2.14 bits per heavy atom. The van der Waals surface area contributed by atoms with Crippen LogP contribution in [0, 0.1) is 11.8 Å². The van der Waals surface area contributed by atoms with Crippen molar-refractivity contribution < 1.29 is 24.6 Å². The number of aliphatic carboxylic acids is 2. The molecule has 1 fully saturated rings. The Balaban J connectivity index is 2.01. The fourth-order valence-electron chi connectivity index (χ4n) is 2.86. The number of rotatable bonds is 5. The van der Waals surface area contributed by atoms with Crippen molar-refractivity contribution >= 4 is 23.5 Å². The van der Waals surface area contributed by atoms with Crippen molar-refractivity contribution in [2.24, 2.45) is 11.8 Å². The number of anilines is 1. The Hall–Kier alpha value is -2.37. The summed E-state index contributed by atoms with van der Waals surface area (Å²) in [4.78, 5) is 34.1. The van der Waals surface area contributed by atoms with E-state index in [2.05, 4.69) is 5.32 Å². The molecule has 1 aromatic rings. The molecule has 0 aromatic heterocycles. The van der Waals surface area contributed by atoms with E-state index in [-0.39, 0.29) is 12.3 Å². The topological polar surface area (TPSA) is 104 Å². The second-order valence-corrected chi connectivity index (χ2v) is 5.59. The number of carboxylic acid groups (broad SMARTS) is 2. The molecular formula is C16H19NO5. The second kappa shape index (κ2) is 7.06. The van der Waals surface area contributed by atoms with Crippen molar-refractivity contribution in [2.75, 3.05) is 5.32 Å². The van der Waals surface area contributed by atoms with Crippen molar-refractivity contribution in [3.05, 3.63) is 29.8 Å². The Labute approximate surface area is 128 Å². The molecule has 0 radical (unpaired) electrons. The monoisotopic (exact) mass is 305 g/mol. The lowest BCUT2D eigenvalue weighted by Gasteiger charge is -2.27. The summed E-state index contributed by atoms with van der Waals surface area (Å²) < 4.78 is 0. The van der Waals surface area contributed by atoms with Crippen molar-refractivity contribution in [3.63, 3.8) is 0 Å². The van der Waals surface area contributed by atoms with Gasteiger partial charge in [0.05, 0.1) is 18.3 Å². The quantitative estimate of drug-likeness (QED) is 0.773. The molecule has 0 aliphatic heterocycles. The van der Waals surface area contributed by atoms with E-state index in [1.807, 2.05) is 0 Å². The number of amides is 1. The predicted octanol–water partition coefficient (Wildman–Crippen LogP) is 2.14. The Kier molecular flexibility index (Phi) is 5.14. The van der Waals surface area contributed by atoms with Crippen LogP contribution in [-0.2, 0) is 20.8 Å². The highest BCUT2D eigenvalue weighted by molar-refractivity contribution is 5.95. The Morgan fingerprint density at radius 2 is 1.59 bits per heavy atom. The molecule has 2 rings (SSSR count). The van der Waals surface area contributed by atoms with E-state index in [0.717, 1.165) is 12.8 Å². The van der Waals surface area contributed by atoms with E-state index >= 15 is 0 Å². The van der Waals surface area contributed by atoms with Crippen LogP contribution in [0.3, 0.4) is 0 Å². The minimum Gasteiger partial charge on any atom is -0.481 e. The first kappa shape index (κ1) is 16.0. The molecular weight excluding hydrogens is 286 g/mol. The summed E-state index contributed by atoms with van der Waals surface area (Å²) in [7, 11) is 0. The molecule has 0 bridgehead atoms. The summed E-state index contributed by atoms with van der Waals surface area (Å²) in [5.41, 5.74) is 1.19. The molecule has 1 amide bonds. The van der Waals surface area contributed by atoms with Gasteiger partial charge in [-0.1, -0.05) is 25.0 Å². The molecule has 1 aliphatic rings. The number of hydrogen-bond donors (Lipinski definition) is 3. The number of nitrogens with one attached hydrogen (secondary N) is 1. The average molecular weight is 305 g/mol. The Bertz CT molecular complexity index is 566. The molecule has 1 aliphatic carbocycles. The molecule has 6 nitrogen and oxygen atoms in total. The van der Waals surface area contributed by atoms with Crippen molar-refractivity contribution in [2.45, 2.75) is 32.1 Å². The Morgan fingerprint density at radius 1 is 1.00 bits per heavy atom. The standard InChI is InChI=1S/C16H19NO5/c18-14(19)9-10-5-7-11(8-6-10)17-15(20)12-3-1-2-4-13(12)16(21)22/h5-8,12-13H,1-4,9H2,(H,17,20)(H,18,19)(H,21,22)/t12-,13+/m1/s1. The fourth-order valence-corrected chi connectivity index (χ4v) is 2.86. The van der Waals surface area contributed by atoms with Crippen LogP contribution in [0.15, 0.2) is 24.3 Å². The summed E-state index contributed by atoms with van der Waals surface area (Å²) >= 11 is 0. The van der Waals surface area contributed by atoms with Crippen LogP contribution in [0.25, 0.3) is 0 Å². The number of carbonyl (C=O) groups excluding carboxylic acids is 1. The number of hydrogen-bond acceptors (Lipinski definition) is 3. The zero-order valence-corrected chi connectivity index (χ0v) is 12.1. The maximum atomic E-state index is 12.3. The fraction of sp³-hybridized carbons (Fsp3) is 0.438. The van der Waals surface area contributed by atoms with Crippen molar-refractivity contribution in [1.29, 1.82) is 0 Å². The largest absolute Gasteiger partial charge is 0.481 e. The molecule has 0 unspecified atom stereocenters.